The minimum atomic E-state index is -0.602. The number of carbonyl (C=O) groups is 2. The molecule has 0 aliphatic carbocycles. The molecule has 37 heavy (non-hydrogen) atoms. The molecule has 0 aliphatic rings. The van der Waals surface area contributed by atoms with Crippen LogP contribution < -0.4 is 21.9 Å². The highest BCUT2D eigenvalue weighted by atomic mass is 16.2. The molecule has 4 rings (SSSR count). The fourth-order valence-corrected chi connectivity index (χ4v) is 4.30. The maximum Gasteiger partial charge on any atom is 0.336 e. The Kier molecular flexibility index (Phi) is 7.98. The van der Waals surface area contributed by atoms with Crippen molar-refractivity contribution in [2.75, 3.05) is 7.05 Å². The van der Waals surface area contributed by atoms with E-state index in [9.17, 15) is 19.2 Å². The molecule has 0 bridgehead atoms. The van der Waals surface area contributed by atoms with E-state index in [1.54, 1.807) is 55.6 Å². The first-order valence-corrected chi connectivity index (χ1v) is 12.2. The van der Waals surface area contributed by atoms with Gasteiger partial charge >= 0.3 is 5.69 Å². The number of aryl methyl sites for hydroxylation is 1. The standard InChI is InChI=1S/C29H30N4O4/c1-20(12-13-21-8-4-3-5-9-21)31-27(35)19-32-25-11-7-6-10-24(25)28(36)33(29(32)37)23-16-14-22(15-17-23)18-26(34)30-2/h3-11,14-17,20H,12-13,18-19H2,1-2H3,(H,30,34)(H,31,35)/t20-/m0/s1. The number of fused-ring (bicyclic) bond motifs is 1. The van der Waals surface area contributed by atoms with Gasteiger partial charge in [-0.05, 0) is 55.2 Å². The Morgan fingerprint density at radius 2 is 1.51 bits per heavy atom. The number of rotatable bonds is 9. The van der Waals surface area contributed by atoms with Crippen molar-refractivity contribution in [3.63, 3.8) is 0 Å². The number of carbonyl (C=O) groups excluding carboxylic acids is 2. The molecule has 0 unspecified atom stereocenters. The first-order valence-electron chi connectivity index (χ1n) is 12.2. The Labute approximate surface area is 214 Å². The third kappa shape index (κ3) is 6.03. The third-order valence-electron chi connectivity index (χ3n) is 6.31. The van der Waals surface area contributed by atoms with E-state index >= 15 is 0 Å². The van der Waals surface area contributed by atoms with E-state index in [1.165, 1.54) is 10.1 Å². The lowest BCUT2D eigenvalue weighted by Crippen LogP contribution is -2.43. The Morgan fingerprint density at radius 3 is 2.22 bits per heavy atom. The van der Waals surface area contributed by atoms with Crippen molar-refractivity contribution in [1.82, 2.24) is 19.8 Å². The van der Waals surface area contributed by atoms with Gasteiger partial charge in [0, 0.05) is 13.1 Å². The van der Waals surface area contributed by atoms with Gasteiger partial charge in [-0.2, -0.15) is 0 Å². The summed E-state index contributed by atoms with van der Waals surface area (Å²) in [6.45, 7) is 1.72. The maximum atomic E-state index is 13.5. The van der Waals surface area contributed by atoms with Gasteiger partial charge in [-0.1, -0.05) is 54.6 Å². The van der Waals surface area contributed by atoms with Gasteiger partial charge in [-0.15, -0.1) is 0 Å². The van der Waals surface area contributed by atoms with Crippen LogP contribution in [0.15, 0.2) is 88.5 Å². The average molecular weight is 499 g/mol. The molecule has 0 aliphatic heterocycles. The lowest BCUT2D eigenvalue weighted by Gasteiger charge is -2.17. The molecule has 4 aromatic rings. The van der Waals surface area contributed by atoms with E-state index in [0.717, 1.165) is 23.0 Å². The van der Waals surface area contributed by atoms with Crippen LogP contribution in [-0.2, 0) is 29.0 Å². The van der Waals surface area contributed by atoms with Gasteiger partial charge in [-0.3, -0.25) is 19.0 Å². The topological polar surface area (TPSA) is 102 Å². The number of benzene rings is 3. The fraction of sp³-hybridized carbons (Fsp3) is 0.241. The van der Waals surface area contributed by atoms with Crippen LogP contribution in [0.4, 0.5) is 0 Å². The molecular formula is C29H30N4O4. The second kappa shape index (κ2) is 11.5. The molecule has 3 aromatic carbocycles. The minimum Gasteiger partial charge on any atom is -0.359 e. The number of hydrogen-bond acceptors (Lipinski definition) is 4. The lowest BCUT2D eigenvalue weighted by molar-refractivity contribution is -0.122. The second-order valence-corrected chi connectivity index (χ2v) is 9.04. The van der Waals surface area contributed by atoms with E-state index in [0.29, 0.717) is 16.6 Å². The van der Waals surface area contributed by atoms with Crippen LogP contribution in [0.2, 0.25) is 0 Å². The molecule has 8 nitrogen and oxygen atoms in total. The summed E-state index contributed by atoms with van der Waals surface area (Å²) in [7, 11) is 1.56. The maximum absolute atomic E-state index is 13.5. The summed E-state index contributed by atoms with van der Waals surface area (Å²) in [4.78, 5) is 51.4. The normalized spacial score (nSPS) is 11.7. The summed E-state index contributed by atoms with van der Waals surface area (Å²) in [5.41, 5.74) is 1.65. The van der Waals surface area contributed by atoms with Crippen LogP contribution in [0.25, 0.3) is 16.6 Å². The predicted octanol–water partition coefficient (Wildman–Crippen LogP) is 2.58. The number of hydrogen-bond donors (Lipinski definition) is 2. The highest BCUT2D eigenvalue weighted by Gasteiger charge is 2.17. The van der Waals surface area contributed by atoms with Gasteiger partial charge in [-0.25, -0.2) is 9.36 Å². The molecule has 1 heterocycles. The zero-order valence-electron chi connectivity index (χ0n) is 20.9. The van der Waals surface area contributed by atoms with Gasteiger partial charge in [0.2, 0.25) is 11.8 Å². The highest BCUT2D eigenvalue weighted by Crippen LogP contribution is 2.12. The van der Waals surface area contributed by atoms with Crippen molar-refractivity contribution in [1.29, 1.82) is 0 Å². The summed E-state index contributed by atoms with van der Waals surface area (Å²) in [5, 5.41) is 5.87. The van der Waals surface area contributed by atoms with Gasteiger partial charge in [0.25, 0.3) is 5.56 Å². The molecular weight excluding hydrogens is 468 g/mol. The van der Waals surface area contributed by atoms with E-state index < -0.39 is 11.2 Å². The van der Waals surface area contributed by atoms with Gasteiger partial charge in [0.1, 0.15) is 6.54 Å². The molecule has 0 saturated carbocycles. The van der Waals surface area contributed by atoms with Crippen LogP contribution in [0, 0.1) is 0 Å². The molecule has 190 valence electrons. The number of aromatic nitrogens is 2. The lowest BCUT2D eigenvalue weighted by atomic mass is 10.1. The SMILES string of the molecule is CNC(=O)Cc1ccc(-n2c(=O)c3ccccc3n(CC(=O)N[C@@H](C)CCc3ccccc3)c2=O)cc1. The average Bonchev–Trinajstić information content (AvgIpc) is 2.91. The predicted molar refractivity (Wildman–Crippen MR) is 144 cm³/mol. The number of likely N-dealkylation sites (N-methyl/N-ethyl adjacent to an activating group) is 1. The Balaban J connectivity index is 1.60. The number of nitrogens with zero attached hydrogens (tertiary/aromatic N) is 2. The zero-order chi connectivity index (χ0) is 26.4. The van der Waals surface area contributed by atoms with Crippen LogP contribution in [0.5, 0.6) is 0 Å². The van der Waals surface area contributed by atoms with Crippen molar-refractivity contribution in [2.45, 2.75) is 38.8 Å². The molecule has 0 fully saturated rings. The van der Waals surface area contributed by atoms with Crippen molar-refractivity contribution in [2.24, 2.45) is 0 Å². The Hall–Kier alpha value is -4.46. The van der Waals surface area contributed by atoms with Gasteiger partial charge in [0.15, 0.2) is 0 Å². The van der Waals surface area contributed by atoms with E-state index in [4.69, 9.17) is 0 Å². The molecule has 0 radical (unpaired) electrons. The summed E-state index contributed by atoms with van der Waals surface area (Å²) in [5.74, 6) is -0.444. The Bertz CT molecular complexity index is 1520. The molecule has 8 heteroatoms. The van der Waals surface area contributed by atoms with Gasteiger partial charge < -0.3 is 10.6 Å². The highest BCUT2D eigenvalue weighted by molar-refractivity contribution is 5.82. The Morgan fingerprint density at radius 1 is 0.838 bits per heavy atom. The fourth-order valence-electron chi connectivity index (χ4n) is 4.30. The minimum absolute atomic E-state index is 0.0894. The van der Waals surface area contributed by atoms with E-state index in [1.807, 2.05) is 25.1 Å². The van der Waals surface area contributed by atoms with Crippen molar-refractivity contribution >= 4 is 22.7 Å². The molecule has 0 saturated heterocycles. The molecule has 2 amide bonds. The van der Waals surface area contributed by atoms with Crippen LogP contribution in [0.3, 0.4) is 0 Å². The molecule has 0 spiro atoms. The van der Waals surface area contributed by atoms with Crippen LogP contribution in [0.1, 0.15) is 24.5 Å². The van der Waals surface area contributed by atoms with Crippen molar-refractivity contribution in [3.8, 4) is 5.69 Å². The first kappa shape index (κ1) is 25.6. The number of amides is 2. The van der Waals surface area contributed by atoms with Crippen molar-refractivity contribution in [3.05, 3.63) is 111 Å². The summed E-state index contributed by atoms with van der Waals surface area (Å²) in [6, 6.07) is 23.4. The van der Waals surface area contributed by atoms with Crippen LogP contribution >= 0.6 is 0 Å². The van der Waals surface area contributed by atoms with Gasteiger partial charge in [0.05, 0.1) is 23.0 Å². The summed E-state index contributed by atoms with van der Waals surface area (Å²) < 4.78 is 2.40. The second-order valence-electron chi connectivity index (χ2n) is 9.04. The van der Waals surface area contributed by atoms with E-state index in [2.05, 4.69) is 22.8 Å². The first-order chi connectivity index (χ1) is 17.9. The summed E-state index contributed by atoms with van der Waals surface area (Å²) in [6.07, 6.45) is 1.77. The quantitative estimate of drug-likeness (QED) is 0.370. The van der Waals surface area contributed by atoms with Crippen LogP contribution in [-0.4, -0.2) is 34.0 Å². The van der Waals surface area contributed by atoms with E-state index in [-0.39, 0.29) is 30.8 Å². The molecule has 1 aromatic heterocycles. The number of nitrogens with one attached hydrogen (secondary N) is 2. The molecule has 2 N–H and O–H groups in total. The van der Waals surface area contributed by atoms with Crippen molar-refractivity contribution < 1.29 is 9.59 Å². The smallest absolute Gasteiger partial charge is 0.336 e. The zero-order valence-corrected chi connectivity index (χ0v) is 20.9. The monoisotopic (exact) mass is 498 g/mol. The third-order valence-corrected chi connectivity index (χ3v) is 6.31. The molecule has 1 atom stereocenters. The largest absolute Gasteiger partial charge is 0.359 e. The number of para-hydroxylation sites is 1. The summed E-state index contributed by atoms with van der Waals surface area (Å²) >= 11 is 0.